The summed E-state index contributed by atoms with van der Waals surface area (Å²) in [6.07, 6.45) is 9.23. The maximum absolute atomic E-state index is 12.1. The summed E-state index contributed by atoms with van der Waals surface area (Å²) in [5, 5.41) is 0. The van der Waals surface area contributed by atoms with E-state index >= 15 is 0 Å². The first-order chi connectivity index (χ1) is 10.1. The van der Waals surface area contributed by atoms with Crippen molar-refractivity contribution < 1.29 is 9.53 Å². The monoisotopic (exact) mass is 290 g/mol. The van der Waals surface area contributed by atoms with Crippen LogP contribution in [-0.2, 0) is 9.53 Å². The molecule has 0 amide bonds. The Hall–Kier alpha value is -0.370. The van der Waals surface area contributed by atoms with E-state index in [-0.39, 0.29) is 0 Å². The van der Waals surface area contributed by atoms with Crippen LogP contribution in [0.5, 0.6) is 0 Å². The number of hydrogen-bond acceptors (Lipinski definition) is 2. The molecule has 7 atom stereocenters. The molecule has 0 radical (unpaired) electrons. The van der Waals surface area contributed by atoms with Crippen molar-refractivity contribution in [1.29, 1.82) is 0 Å². The van der Waals surface area contributed by atoms with Gasteiger partial charge in [-0.2, -0.15) is 0 Å². The highest BCUT2D eigenvalue weighted by atomic mass is 16.5. The molecule has 3 aliphatic carbocycles. The van der Waals surface area contributed by atoms with Crippen molar-refractivity contribution in [2.75, 3.05) is 13.2 Å². The van der Waals surface area contributed by atoms with Crippen LogP contribution in [0.15, 0.2) is 0 Å². The van der Waals surface area contributed by atoms with Gasteiger partial charge < -0.3 is 4.74 Å². The van der Waals surface area contributed by atoms with E-state index in [1.807, 2.05) is 6.92 Å². The van der Waals surface area contributed by atoms with Gasteiger partial charge in [-0.15, -0.1) is 0 Å². The van der Waals surface area contributed by atoms with E-state index in [1.165, 1.54) is 38.5 Å². The van der Waals surface area contributed by atoms with Gasteiger partial charge in [-0.25, -0.2) is 0 Å². The van der Waals surface area contributed by atoms with Gasteiger partial charge in [0.15, 0.2) is 0 Å². The molecule has 118 valence electrons. The summed E-state index contributed by atoms with van der Waals surface area (Å²) in [4.78, 5) is 12.1. The van der Waals surface area contributed by atoms with Gasteiger partial charge in [0, 0.05) is 19.1 Å². The summed E-state index contributed by atoms with van der Waals surface area (Å²) in [5.41, 5.74) is 0.324. The summed E-state index contributed by atoms with van der Waals surface area (Å²) in [6, 6.07) is 0. The second kappa shape index (κ2) is 5.08. The fraction of sp³-hybridized carbons (Fsp3) is 0.947. The number of ketones is 1. The van der Waals surface area contributed by atoms with E-state index in [9.17, 15) is 4.79 Å². The number of hydrogen-bond donors (Lipinski definition) is 0. The van der Waals surface area contributed by atoms with Gasteiger partial charge in [0.2, 0.25) is 0 Å². The molecule has 2 nitrogen and oxygen atoms in total. The van der Waals surface area contributed by atoms with Crippen LogP contribution in [0.25, 0.3) is 0 Å². The van der Waals surface area contributed by atoms with Crippen LogP contribution in [0.1, 0.15) is 58.8 Å². The lowest BCUT2D eigenvalue weighted by molar-refractivity contribution is -0.130. The molecule has 0 bridgehead atoms. The summed E-state index contributed by atoms with van der Waals surface area (Å²) in [7, 11) is 0. The van der Waals surface area contributed by atoms with Crippen LogP contribution < -0.4 is 0 Å². The number of ether oxygens (including phenoxy) is 1. The van der Waals surface area contributed by atoms with E-state index in [4.69, 9.17) is 4.74 Å². The molecule has 0 N–H and O–H groups in total. The van der Waals surface area contributed by atoms with Crippen LogP contribution in [0, 0.1) is 40.9 Å². The third kappa shape index (κ3) is 2.04. The van der Waals surface area contributed by atoms with E-state index in [1.54, 1.807) is 0 Å². The second-order valence-corrected chi connectivity index (χ2v) is 8.58. The Morgan fingerprint density at radius 2 is 1.86 bits per heavy atom. The molecule has 4 rings (SSSR count). The second-order valence-electron chi connectivity index (χ2n) is 8.58. The molecule has 1 saturated heterocycles. The van der Waals surface area contributed by atoms with Crippen LogP contribution in [0.2, 0.25) is 0 Å². The first-order valence-electron chi connectivity index (χ1n) is 9.19. The van der Waals surface area contributed by atoms with Gasteiger partial charge >= 0.3 is 0 Å². The summed E-state index contributed by atoms with van der Waals surface area (Å²) in [6.45, 7) is 6.29. The number of carbonyl (C=O) groups is 1. The third-order valence-corrected chi connectivity index (χ3v) is 7.94. The zero-order chi connectivity index (χ0) is 14.6. The van der Waals surface area contributed by atoms with Crippen molar-refractivity contribution in [3.8, 4) is 0 Å². The lowest BCUT2D eigenvalue weighted by Gasteiger charge is -2.55. The van der Waals surface area contributed by atoms with E-state index in [2.05, 4.69) is 6.92 Å². The Bertz CT molecular complexity index is 431. The quantitative estimate of drug-likeness (QED) is 0.727. The predicted octanol–water partition coefficient (Wildman–Crippen LogP) is 4.08. The van der Waals surface area contributed by atoms with Gasteiger partial charge in [-0.1, -0.05) is 6.92 Å². The van der Waals surface area contributed by atoms with Gasteiger partial charge in [-0.3, -0.25) is 4.79 Å². The smallest absolute Gasteiger partial charge is 0.133 e. The molecule has 0 aromatic heterocycles. The Labute approximate surface area is 129 Å². The predicted molar refractivity (Wildman–Crippen MR) is 82.9 cm³/mol. The molecular formula is C19H30O2. The highest BCUT2D eigenvalue weighted by Gasteiger charge is 2.57. The molecule has 7 unspecified atom stereocenters. The average molecular weight is 290 g/mol. The van der Waals surface area contributed by atoms with Crippen molar-refractivity contribution >= 4 is 5.78 Å². The van der Waals surface area contributed by atoms with Crippen molar-refractivity contribution in [2.45, 2.75) is 58.8 Å². The molecule has 1 aliphatic heterocycles. The minimum absolute atomic E-state index is 0.324. The highest BCUT2D eigenvalue weighted by molar-refractivity contribution is 5.79. The zero-order valence-electron chi connectivity index (χ0n) is 13.6. The molecule has 4 aliphatic rings. The average Bonchev–Trinajstić information content (AvgIpc) is 2.84. The fourth-order valence-electron chi connectivity index (χ4n) is 7.01. The van der Waals surface area contributed by atoms with Crippen LogP contribution >= 0.6 is 0 Å². The maximum Gasteiger partial charge on any atom is 0.133 e. The minimum Gasteiger partial charge on any atom is -0.381 e. The van der Waals surface area contributed by atoms with Gasteiger partial charge in [0.05, 0.1) is 0 Å². The topological polar surface area (TPSA) is 26.3 Å². The van der Waals surface area contributed by atoms with Gasteiger partial charge in [0.1, 0.15) is 5.78 Å². The molecule has 4 fully saturated rings. The van der Waals surface area contributed by atoms with Crippen LogP contribution in [0.4, 0.5) is 0 Å². The minimum atomic E-state index is 0.324. The molecular weight excluding hydrogens is 260 g/mol. The van der Waals surface area contributed by atoms with E-state index in [0.717, 1.165) is 49.2 Å². The normalized spacial score (nSPS) is 52.7. The molecule has 0 aromatic rings. The van der Waals surface area contributed by atoms with E-state index < -0.39 is 0 Å². The highest BCUT2D eigenvalue weighted by Crippen LogP contribution is 2.63. The van der Waals surface area contributed by atoms with Crippen molar-refractivity contribution in [2.24, 2.45) is 40.9 Å². The van der Waals surface area contributed by atoms with E-state index in [0.29, 0.717) is 17.1 Å². The van der Waals surface area contributed by atoms with Crippen molar-refractivity contribution in [1.82, 2.24) is 0 Å². The van der Waals surface area contributed by atoms with Gasteiger partial charge in [-0.05, 0) is 86.9 Å². The summed E-state index contributed by atoms with van der Waals surface area (Å²) in [5.74, 6) is 5.26. The molecule has 2 heteroatoms. The number of rotatable bonds is 1. The SMILES string of the molecule is CC(=O)C1CCC2C3CCC4COCCC4C3CCC12C. The fourth-order valence-corrected chi connectivity index (χ4v) is 7.01. The number of Topliss-reactive ketones (excluding diaryl/α,β-unsaturated/α-hetero) is 1. The summed E-state index contributed by atoms with van der Waals surface area (Å²) >= 11 is 0. The molecule has 21 heavy (non-hydrogen) atoms. The lowest BCUT2D eigenvalue weighted by atomic mass is 9.50. The molecule has 3 saturated carbocycles. The largest absolute Gasteiger partial charge is 0.381 e. The Morgan fingerprint density at radius 3 is 2.67 bits per heavy atom. The third-order valence-electron chi connectivity index (χ3n) is 7.94. The van der Waals surface area contributed by atoms with Crippen LogP contribution in [-0.4, -0.2) is 19.0 Å². The van der Waals surface area contributed by atoms with Gasteiger partial charge in [0.25, 0.3) is 0 Å². The Balaban J connectivity index is 1.59. The number of carbonyl (C=O) groups excluding carboxylic acids is 1. The van der Waals surface area contributed by atoms with Crippen molar-refractivity contribution in [3.05, 3.63) is 0 Å². The molecule has 0 spiro atoms. The zero-order valence-corrected chi connectivity index (χ0v) is 13.6. The lowest BCUT2D eigenvalue weighted by Crippen LogP contribution is -2.49. The first-order valence-corrected chi connectivity index (χ1v) is 9.19. The van der Waals surface area contributed by atoms with Crippen molar-refractivity contribution in [3.63, 3.8) is 0 Å². The summed E-state index contributed by atoms with van der Waals surface area (Å²) < 4.78 is 5.73. The maximum atomic E-state index is 12.1. The number of fused-ring (bicyclic) bond motifs is 5. The standard InChI is InChI=1S/C19H30O2/c1-12(20)17-5-6-18-16-4-3-13-11-21-10-8-14(13)15(16)7-9-19(17,18)2/h13-18H,3-11H2,1-2H3. The first kappa shape index (κ1) is 14.2. The van der Waals surface area contributed by atoms with Crippen LogP contribution in [0.3, 0.4) is 0 Å². The molecule has 0 aromatic carbocycles. The molecule has 1 heterocycles. The Morgan fingerprint density at radius 1 is 1.00 bits per heavy atom. The Kier molecular flexibility index (Phi) is 3.44.